The molecule has 3 aromatic rings. The minimum Gasteiger partial charge on any atom is -0.450 e. The van der Waals surface area contributed by atoms with Crippen LogP contribution in [0.2, 0.25) is 0 Å². The number of furan rings is 1. The highest BCUT2D eigenvalue weighted by molar-refractivity contribution is 5.67. The number of fused-ring (bicyclic) bond motifs is 1. The summed E-state index contributed by atoms with van der Waals surface area (Å²) in [5.41, 5.74) is 4.93. The molecule has 0 N–H and O–H groups in total. The zero-order chi connectivity index (χ0) is 17.8. The van der Waals surface area contributed by atoms with Crippen LogP contribution in [0.3, 0.4) is 0 Å². The SMILES string of the molecule is CC1=CN(Cc2ccccc2)Cc2oc(C#CCc3ccccc3)cc21. The Balaban J connectivity index is 1.47. The van der Waals surface area contributed by atoms with Gasteiger partial charge < -0.3 is 9.32 Å². The highest BCUT2D eigenvalue weighted by Gasteiger charge is 2.19. The quantitative estimate of drug-likeness (QED) is 0.606. The number of rotatable bonds is 3. The van der Waals surface area contributed by atoms with E-state index in [1.807, 2.05) is 24.3 Å². The lowest BCUT2D eigenvalue weighted by molar-refractivity contribution is 0.316. The lowest BCUT2D eigenvalue weighted by Gasteiger charge is -2.25. The van der Waals surface area contributed by atoms with Crippen LogP contribution in [0.15, 0.2) is 77.3 Å². The molecule has 0 spiro atoms. The van der Waals surface area contributed by atoms with Crippen molar-refractivity contribution in [2.24, 2.45) is 0 Å². The van der Waals surface area contributed by atoms with Crippen molar-refractivity contribution in [1.82, 2.24) is 4.90 Å². The molecule has 2 heteroatoms. The van der Waals surface area contributed by atoms with Crippen molar-refractivity contribution in [3.05, 3.63) is 101 Å². The lowest BCUT2D eigenvalue weighted by Crippen LogP contribution is -2.20. The molecular weight excluding hydrogens is 318 g/mol. The number of hydrogen-bond donors (Lipinski definition) is 0. The van der Waals surface area contributed by atoms with E-state index >= 15 is 0 Å². The van der Waals surface area contributed by atoms with E-state index in [4.69, 9.17) is 4.42 Å². The molecule has 0 atom stereocenters. The fourth-order valence-corrected chi connectivity index (χ4v) is 3.26. The van der Waals surface area contributed by atoms with Crippen LogP contribution >= 0.6 is 0 Å². The minimum atomic E-state index is 0.737. The van der Waals surface area contributed by atoms with E-state index < -0.39 is 0 Å². The van der Waals surface area contributed by atoms with Gasteiger partial charge in [-0.05, 0) is 29.5 Å². The monoisotopic (exact) mass is 339 g/mol. The third-order valence-corrected chi connectivity index (χ3v) is 4.53. The molecule has 0 unspecified atom stereocenters. The third kappa shape index (κ3) is 3.73. The van der Waals surface area contributed by atoms with E-state index in [0.29, 0.717) is 0 Å². The zero-order valence-corrected chi connectivity index (χ0v) is 14.9. The summed E-state index contributed by atoms with van der Waals surface area (Å²) in [5, 5.41) is 0. The maximum atomic E-state index is 6.03. The van der Waals surface area contributed by atoms with Crippen LogP contribution in [0.1, 0.15) is 35.1 Å². The summed E-state index contributed by atoms with van der Waals surface area (Å²) in [6, 6.07) is 22.9. The molecule has 26 heavy (non-hydrogen) atoms. The molecule has 1 aliphatic heterocycles. The smallest absolute Gasteiger partial charge is 0.177 e. The second-order valence-electron chi connectivity index (χ2n) is 6.61. The molecule has 2 heterocycles. The van der Waals surface area contributed by atoms with Crippen LogP contribution in [-0.2, 0) is 19.5 Å². The van der Waals surface area contributed by atoms with Crippen LogP contribution in [0, 0.1) is 11.8 Å². The van der Waals surface area contributed by atoms with Gasteiger partial charge in [-0.1, -0.05) is 66.6 Å². The zero-order valence-electron chi connectivity index (χ0n) is 14.9. The minimum absolute atomic E-state index is 0.737. The first-order valence-electron chi connectivity index (χ1n) is 8.90. The summed E-state index contributed by atoms with van der Waals surface area (Å²) in [4.78, 5) is 2.29. The Morgan fingerprint density at radius 3 is 2.38 bits per heavy atom. The van der Waals surface area contributed by atoms with E-state index in [9.17, 15) is 0 Å². The molecule has 0 aliphatic carbocycles. The Kier molecular flexibility index (Phi) is 4.62. The number of allylic oxidation sites excluding steroid dienone is 1. The van der Waals surface area contributed by atoms with Gasteiger partial charge in [0.1, 0.15) is 5.76 Å². The van der Waals surface area contributed by atoms with Gasteiger partial charge in [0.2, 0.25) is 0 Å². The summed E-state index contributed by atoms with van der Waals surface area (Å²) in [7, 11) is 0. The van der Waals surface area contributed by atoms with E-state index in [-0.39, 0.29) is 0 Å². The summed E-state index contributed by atoms with van der Waals surface area (Å²) in [5.74, 6) is 8.14. The van der Waals surface area contributed by atoms with Gasteiger partial charge in [-0.3, -0.25) is 0 Å². The molecular formula is C24H21NO. The highest BCUT2D eigenvalue weighted by atomic mass is 16.3. The Morgan fingerprint density at radius 1 is 0.962 bits per heavy atom. The van der Waals surface area contributed by atoms with E-state index in [1.165, 1.54) is 22.3 Å². The fourth-order valence-electron chi connectivity index (χ4n) is 3.26. The van der Waals surface area contributed by atoms with Gasteiger partial charge in [0.05, 0.1) is 6.54 Å². The van der Waals surface area contributed by atoms with Crippen molar-refractivity contribution >= 4 is 5.57 Å². The molecule has 0 amide bonds. The van der Waals surface area contributed by atoms with E-state index in [0.717, 1.165) is 31.0 Å². The standard InChI is InChI=1S/C24H21NO/c1-19-16-25(17-21-11-6-3-7-12-21)18-24-23(19)15-22(26-24)14-8-13-20-9-4-2-5-10-20/h2-7,9-12,15-16H,13,17-18H2,1H3. The van der Waals surface area contributed by atoms with Gasteiger partial charge in [-0.2, -0.15) is 0 Å². The first-order valence-corrected chi connectivity index (χ1v) is 8.90. The molecule has 0 saturated carbocycles. The van der Waals surface area contributed by atoms with Crippen molar-refractivity contribution in [2.75, 3.05) is 0 Å². The Morgan fingerprint density at radius 2 is 1.65 bits per heavy atom. The van der Waals surface area contributed by atoms with E-state index in [2.05, 4.69) is 72.3 Å². The third-order valence-electron chi connectivity index (χ3n) is 4.53. The van der Waals surface area contributed by atoms with Gasteiger partial charge in [0.15, 0.2) is 5.76 Å². The molecule has 4 rings (SSSR count). The molecule has 2 nitrogen and oxygen atoms in total. The normalized spacial score (nSPS) is 12.8. The predicted octanol–water partition coefficient (Wildman–Crippen LogP) is 5.25. The first-order chi connectivity index (χ1) is 12.8. The van der Waals surface area contributed by atoms with Gasteiger partial charge in [-0.15, -0.1) is 0 Å². The summed E-state index contributed by atoms with van der Waals surface area (Å²) >= 11 is 0. The maximum absolute atomic E-state index is 6.03. The topological polar surface area (TPSA) is 16.4 Å². The second kappa shape index (κ2) is 7.37. The molecule has 1 aliphatic rings. The molecule has 0 radical (unpaired) electrons. The van der Waals surface area contributed by atoms with Crippen LogP contribution < -0.4 is 0 Å². The van der Waals surface area contributed by atoms with Crippen LogP contribution in [0.25, 0.3) is 5.57 Å². The molecule has 2 aromatic carbocycles. The van der Waals surface area contributed by atoms with E-state index in [1.54, 1.807) is 0 Å². The van der Waals surface area contributed by atoms with Crippen molar-refractivity contribution < 1.29 is 4.42 Å². The molecule has 0 bridgehead atoms. The number of hydrogen-bond acceptors (Lipinski definition) is 2. The van der Waals surface area contributed by atoms with Crippen molar-refractivity contribution in [3.8, 4) is 11.8 Å². The Bertz CT molecular complexity index is 971. The van der Waals surface area contributed by atoms with Gasteiger partial charge in [0.25, 0.3) is 0 Å². The first kappa shape index (κ1) is 16.3. The Labute approximate surface area is 154 Å². The average molecular weight is 339 g/mol. The Hall–Kier alpha value is -3.18. The van der Waals surface area contributed by atoms with Gasteiger partial charge >= 0.3 is 0 Å². The largest absolute Gasteiger partial charge is 0.450 e. The summed E-state index contributed by atoms with van der Waals surface area (Å²) in [6.45, 7) is 3.79. The fraction of sp³-hybridized carbons (Fsp3) is 0.167. The maximum Gasteiger partial charge on any atom is 0.177 e. The summed E-state index contributed by atoms with van der Waals surface area (Å²) in [6.07, 6.45) is 2.95. The lowest BCUT2D eigenvalue weighted by atomic mass is 10.0. The van der Waals surface area contributed by atoms with Gasteiger partial charge in [-0.25, -0.2) is 0 Å². The number of benzene rings is 2. The van der Waals surface area contributed by atoms with Crippen molar-refractivity contribution in [2.45, 2.75) is 26.4 Å². The molecule has 0 saturated heterocycles. The van der Waals surface area contributed by atoms with Crippen molar-refractivity contribution in [1.29, 1.82) is 0 Å². The number of nitrogens with zero attached hydrogens (tertiary/aromatic N) is 1. The molecule has 128 valence electrons. The van der Waals surface area contributed by atoms with Crippen molar-refractivity contribution in [3.63, 3.8) is 0 Å². The average Bonchev–Trinajstić information content (AvgIpc) is 3.07. The molecule has 1 aromatic heterocycles. The highest BCUT2D eigenvalue weighted by Crippen LogP contribution is 2.30. The molecule has 0 fully saturated rings. The van der Waals surface area contributed by atoms with Crippen LogP contribution in [-0.4, -0.2) is 4.90 Å². The predicted molar refractivity (Wildman–Crippen MR) is 105 cm³/mol. The van der Waals surface area contributed by atoms with Gasteiger partial charge in [0, 0.05) is 30.8 Å². The van der Waals surface area contributed by atoms with Crippen LogP contribution in [0.4, 0.5) is 0 Å². The van der Waals surface area contributed by atoms with Crippen LogP contribution in [0.5, 0.6) is 0 Å². The summed E-state index contributed by atoms with van der Waals surface area (Å²) < 4.78 is 6.03. The second-order valence-corrected chi connectivity index (χ2v) is 6.61.